The Balaban J connectivity index is 1.76. The van der Waals surface area contributed by atoms with Crippen LogP contribution in [-0.4, -0.2) is 23.5 Å². The minimum atomic E-state index is -0.440. The van der Waals surface area contributed by atoms with Gasteiger partial charge < -0.3 is 4.74 Å². The fraction of sp³-hybridized carbons (Fsp3) is 0.167. The molecule has 0 saturated carbocycles. The van der Waals surface area contributed by atoms with Crippen molar-refractivity contribution >= 4 is 40.7 Å². The number of ether oxygens (including phenoxy) is 1. The van der Waals surface area contributed by atoms with Crippen molar-refractivity contribution in [3.63, 3.8) is 0 Å². The molecular weight excluding hydrogens is 374 g/mol. The maximum Gasteiger partial charge on any atom is 0.276 e. The van der Waals surface area contributed by atoms with Gasteiger partial charge in [-0.15, -0.1) is 0 Å². The SMILES string of the molecule is Cc1ccc(OCC(=O)NNC(=S)NC(=O)c2cccc(Cl)c2)c(C)c1. The normalized spacial score (nSPS) is 9.96. The van der Waals surface area contributed by atoms with Gasteiger partial charge in [0.05, 0.1) is 0 Å². The Kier molecular flexibility index (Phi) is 6.94. The second-order valence-electron chi connectivity index (χ2n) is 5.52. The summed E-state index contributed by atoms with van der Waals surface area (Å²) in [6.07, 6.45) is 0. The number of hydrogen-bond acceptors (Lipinski definition) is 4. The summed E-state index contributed by atoms with van der Waals surface area (Å²) in [5.74, 6) is -0.252. The Hall–Kier alpha value is -2.64. The van der Waals surface area contributed by atoms with Crippen LogP contribution in [0, 0.1) is 13.8 Å². The summed E-state index contributed by atoms with van der Waals surface area (Å²) in [6, 6.07) is 12.1. The summed E-state index contributed by atoms with van der Waals surface area (Å²) < 4.78 is 5.45. The number of halogens is 1. The maximum absolute atomic E-state index is 12.0. The van der Waals surface area contributed by atoms with E-state index in [9.17, 15) is 9.59 Å². The van der Waals surface area contributed by atoms with Gasteiger partial charge in [-0.1, -0.05) is 35.4 Å². The van der Waals surface area contributed by atoms with Crippen molar-refractivity contribution in [2.75, 3.05) is 6.61 Å². The predicted molar refractivity (Wildman–Crippen MR) is 104 cm³/mol. The molecule has 0 radical (unpaired) electrons. The minimum Gasteiger partial charge on any atom is -0.483 e. The quantitative estimate of drug-likeness (QED) is 0.551. The highest BCUT2D eigenvalue weighted by Crippen LogP contribution is 2.18. The van der Waals surface area contributed by atoms with Crippen LogP contribution in [0.2, 0.25) is 5.02 Å². The number of amides is 2. The fourth-order valence-electron chi connectivity index (χ4n) is 2.10. The van der Waals surface area contributed by atoms with E-state index in [1.54, 1.807) is 24.3 Å². The molecule has 0 aliphatic rings. The Morgan fingerprint density at radius 3 is 2.58 bits per heavy atom. The summed E-state index contributed by atoms with van der Waals surface area (Å²) in [6.45, 7) is 3.69. The Morgan fingerprint density at radius 2 is 1.88 bits per heavy atom. The first kappa shape index (κ1) is 19.7. The molecule has 2 rings (SSSR count). The summed E-state index contributed by atoms with van der Waals surface area (Å²) in [4.78, 5) is 23.8. The highest BCUT2D eigenvalue weighted by atomic mass is 35.5. The van der Waals surface area contributed by atoms with Crippen LogP contribution in [0.25, 0.3) is 0 Å². The van der Waals surface area contributed by atoms with Gasteiger partial charge in [-0.3, -0.25) is 25.8 Å². The van der Waals surface area contributed by atoms with E-state index in [0.717, 1.165) is 11.1 Å². The van der Waals surface area contributed by atoms with E-state index in [4.69, 9.17) is 28.6 Å². The second kappa shape index (κ2) is 9.17. The van der Waals surface area contributed by atoms with Gasteiger partial charge in [-0.25, -0.2) is 0 Å². The summed E-state index contributed by atoms with van der Waals surface area (Å²) in [7, 11) is 0. The molecule has 2 aromatic rings. The van der Waals surface area contributed by atoms with Gasteiger partial charge in [0.15, 0.2) is 11.7 Å². The molecule has 136 valence electrons. The Labute approximate surface area is 161 Å². The largest absolute Gasteiger partial charge is 0.483 e. The van der Waals surface area contributed by atoms with Crippen LogP contribution in [0.15, 0.2) is 42.5 Å². The third-order valence-corrected chi connectivity index (χ3v) is 3.76. The van der Waals surface area contributed by atoms with Gasteiger partial charge in [0.25, 0.3) is 11.8 Å². The first-order valence-electron chi connectivity index (χ1n) is 7.71. The van der Waals surface area contributed by atoms with Gasteiger partial charge >= 0.3 is 0 Å². The molecule has 0 bridgehead atoms. The molecule has 26 heavy (non-hydrogen) atoms. The smallest absolute Gasteiger partial charge is 0.276 e. The van der Waals surface area contributed by atoms with Crippen LogP contribution < -0.4 is 20.9 Å². The zero-order chi connectivity index (χ0) is 19.1. The Morgan fingerprint density at radius 1 is 1.12 bits per heavy atom. The van der Waals surface area contributed by atoms with Crippen molar-refractivity contribution in [3.8, 4) is 5.75 Å². The van der Waals surface area contributed by atoms with E-state index >= 15 is 0 Å². The molecule has 0 heterocycles. The lowest BCUT2D eigenvalue weighted by molar-refractivity contribution is -0.123. The minimum absolute atomic E-state index is 0.0464. The number of carbonyl (C=O) groups is 2. The van der Waals surface area contributed by atoms with Crippen molar-refractivity contribution in [1.82, 2.24) is 16.2 Å². The molecular formula is C18H18ClN3O3S. The lowest BCUT2D eigenvalue weighted by atomic mass is 10.1. The van der Waals surface area contributed by atoms with Crippen LogP contribution in [0.3, 0.4) is 0 Å². The molecule has 0 spiro atoms. The van der Waals surface area contributed by atoms with Crippen LogP contribution in [0.5, 0.6) is 5.75 Å². The van der Waals surface area contributed by atoms with Crippen molar-refractivity contribution in [3.05, 3.63) is 64.2 Å². The summed E-state index contributed by atoms with van der Waals surface area (Å²) in [5.41, 5.74) is 7.21. The van der Waals surface area contributed by atoms with E-state index in [1.807, 2.05) is 26.0 Å². The lowest BCUT2D eigenvalue weighted by Crippen LogP contribution is -2.49. The first-order valence-corrected chi connectivity index (χ1v) is 8.49. The van der Waals surface area contributed by atoms with E-state index in [1.165, 1.54) is 6.07 Å². The van der Waals surface area contributed by atoms with Gasteiger partial charge in [0, 0.05) is 10.6 Å². The molecule has 0 atom stereocenters. The van der Waals surface area contributed by atoms with E-state index in [2.05, 4.69) is 16.2 Å². The molecule has 2 aromatic carbocycles. The van der Waals surface area contributed by atoms with Gasteiger partial charge in [-0.2, -0.15) is 0 Å². The van der Waals surface area contributed by atoms with Gasteiger partial charge in [0.2, 0.25) is 0 Å². The van der Waals surface area contributed by atoms with Crippen LogP contribution in [0.1, 0.15) is 21.5 Å². The number of aryl methyl sites for hydroxylation is 2. The molecule has 2 amide bonds. The van der Waals surface area contributed by atoms with Gasteiger partial charge in [-0.05, 0) is 55.9 Å². The Bertz CT molecular complexity index is 842. The standard InChI is InChI=1S/C18H18ClN3O3S/c1-11-6-7-15(12(2)8-11)25-10-16(23)21-22-18(26)20-17(24)13-4-3-5-14(19)9-13/h3-9H,10H2,1-2H3,(H,21,23)(H2,20,22,24,26). The maximum atomic E-state index is 12.0. The highest BCUT2D eigenvalue weighted by molar-refractivity contribution is 7.80. The molecule has 0 unspecified atom stereocenters. The number of nitrogens with one attached hydrogen (secondary N) is 3. The number of thiocarbonyl (C=S) groups is 1. The number of rotatable bonds is 4. The lowest BCUT2D eigenvalue weighted by Gasteiger charge is -2.12. The molecule has 0 aliphatic carbocycles. The van der Waals surface area contributed by atoms with Crippen molar-refractivity contribution < 1.29 is 14.3 Å². The van der Waals surface area contributed by atoms with E-state index in [-0.39, 0.29) is 11.7 Å². The van der Waals surface area contributed by atoms with Crippen molar-refractivity contribution in [1.29, 1.82) is 0 Å². The van der Waals surface area contributed by atoms with Gasteiger partial charge in [0.1, 0.15) is 5.75 Å². The van der Waals surface area contributed by atoms with Crippen LogP contribution in [-0.2, 0) is 4.79 Å². The monoisotopic (exact) mass is 391 g/mol. The summed E-state index contributed by atoms with van der Waals surface area (Å²) >= 11 is 10.8. The predicted octanol–water partition coefficient (Wildman–Crippen LogP) is 2.67. The average Bonchev–Trinajstić information content (AvgIpc) is 2.59. The fourth-order valence-corrected chi connectivity index (χ4v) is 2.44. The van der Waals surface area contributed by atoms with Crippen molar-refractivity contribution in [2.45, 2.75) is 13.8 Å². The third-order valence-electron chi connectivity index (χ3n) is 3.32. The third kappa shape index (κ3) is 6.02. The van der Waals surface area contributed by atoms with Crippen LogP contribution in [0.4, 0.5) is 0 Å². The second-order valence-corrected chi connectivity index (χ2v) is 6.37. The van der Waals surface area contributed by atoms with Crippen molar-refractivity contribution in [2.24, 2.45) is 0 Å². The first-order chi connectivity index (χ1) is 12.3. The number of benzene rings is 2. The van der Waals surface area contributed by atoms with Crippen LogP contribution >= 0.6 is 23.8 Å². The zero-order valence-electron chi connectivity index (χ0n) is 14.3. The van der Waals surface area contributed by atoms with E-state index in [0.29, 0.717) is 16.3 Å². The summed E-state index contributed by atoms with van der Waals surface area (Å²) in [5, 5.41) is 2.83. The number of carbonyl (C=O) groups excluding carboxylic acids is 2. The molecule has 6 nitrogen and oxygen atoms in total. The number of hydrogen-bond donors (Lipinski definition) is 3. The van der Waals surface area contributed by atoms with E-state index < -0.39 is 11.8 Å². The average molecular weight is 392 g/mol. The molecule has 0 fully saturated rings. The zero-order valence-corrected chi connectivity index (χ0v) is 15.8. The highest BCUT2D eigenvalue weighted by Gasteiger charge is 2.09. The molecule has 3 N–H and O–H groups in total. The molecule has 8 heteroatoms. The molecule has 0 aromatic heterocycles. The molecule has 0 aliphatic heterocycles. The molecule has 0 saturated heterocycles. The topological polar surface area (TPSA) is 79.5 Å². The number of hydrazine groups is 1.